The zero-order chi connectivity index (χ0) is 12.7. The number of nitrogens with one attached hydrogen (secondary N) is 1. The van der Waals surface area contributed by atoms with Gasteiger partial charge < -0.3 is 15.8 Å². The van der Waals surface area contributed by atoms with Crippen molar-refractivity contribution in [2.75, 3.05) is 20.2 Å². The van der Waals surface area contributed by atoms with Crippen molar-refractivity contribution in [2.45, 2.75) is 0 Å². The first kappa shape index (κ1) is 13.7. The summed E-state index contributed by atoms with van der Waals surface area (Å²) in [6.45, 7) is 0.929. The average molecular weight is 299 g/mol. The number of rotatable bonds is 5. The van der Waals surface area contributed by atoms with Gasteiger partial charge in [0.15, 0.2) is 0 Å². The van der Waals surface area contributed by atoms with Gasteiger partial charge in [0.2, 0.25) is 0 Å². The van der Waals surface area contributed by atoms with Crippen LogP contribution in [0.5, 0.6) is 5.75 Å². The largest absolute Gasteiger partial charge is 0.497 e. The van der Waals surface area contributed by atoms with Crippen molar-refractivity contribution >= 4 is 21.8 Å². The van der Waals surface area contributed by atoms with Gasteiger partial charge in [-0.1, -0.05) is 12.2 Å². The van der Waals surface area contributed by atoms with E-state index >= 15 is 0 Å². The first-order chi connectivity index (χ1) is 8.19. The van der Waals surface area contributed by atoms with Crippen LogP contribution < -0.4 is 15.8 Å². The number of carbonyl (C=O) groups is 1. The molecule has 1 aromatic rings. The quantitative estimate of drug-likeness (QED) is 0.813. The lowest BCUT2D eigenvalue weighted by Crippen LogP contribution is -2.23. The monoisotopic (exact) mass is 298 g/mol. The minimum atomic E-state index is -0.155. The van der Waals surface area contributed by atoms with E-state index in [4.69, 9.17) is 10.5 Å². The maximum absolute atomic E-state index is 11.8. The number of hydrogen-bond donors (Lipinski definition) is 2. The third kappa shape index (κ3) is 4.20. The smallest absolute Gasteiger partial charge is 0.252 e. The molecule has 4 nitrogen and oxygen atoms in total. The van der Waals surface area contributed by atoms with E-state index in [1.807, 2.05) is 6.08 Å². The molecular formula is C12H15BrN2O2. The minimum Gasteiger partial charge on any atom is -0.497 e. The summed E-state index contributed by atoms with van der Waals surface area (Å²) in [6.07, 6.45) is 3.60. The molecule has 0 radical (unpaired) electrons. The van der Waals surface area contributed by atoms with Crippen LogP contribution in [0, 0.1) is 0 Å². The summed E-state index contributed by atoms with van der Waals surface area (Å²) in [5.74, 6) is 0.494. The summed E-state index contributed by atoms with van der Waals surface area (Å²) in [4.78, 5) is 11.8. The van der Waals surface area contributed by atoms with E-state index in [1.54, 1.807) is 31.4 Å². The summed E-state index contributed by atoms with van der Waals surface area (Å²) < 4.78 is 5.81. The van der Waals surface area contributed by atoms with Gasteiger partial charge in [-0.05, 0) is 34.1 Å². The molecule has 0 bridgehead atoms. The molecule has 92 valence electrons. The lowest BCUT2D eigenvalue weighted by atomic mass is 10.2. The number of methoxy groups -OCH3 is 1. The van der Waals surface area contributed by atoms with Crippen molar-refractivity contribution in [1.29, 1.82) is 0 Å². The summed E-state index contributed by atoms with van der Waals surface area (Å²) in [6, 6.07) is 5.25. The van der Waals surface area contributed by atoms with Gasteiger partial charge in [0.1, 0.15) is 5.75 Å². The lowest BCUT2D eigenvalue weighted by molar-refractivity contribution is 0.0957. The average Bonchev–Trinajstić information content (AvgIpc) is 2.35. The second-order valence-corrected chi connectivity index (χ2v) is 4.12. The SMILES string of the molecule is COc1ccc(Br)c(C(=O)NC/C=C/CN)c1. The van der Waals surface area contributed by atoms with Crippen molar-refractivity contribution in [3.8, 4) is 5.75 Å². The molecule has 0 heterocycles. The molecular weight excluding hydrogens is 284 g/mol. The normalized spacial score (nSPS) is 10.5. The molecule has 3 N–H and O–H groups in total. The molecule has 0 saturated heterocycles. The van der Waals surface area contributed by atoms with Crippen LogP contribution in [0.15, 0.2) is 34.8 Å². The van der Waals surface area contributed by atoms with Gasteiger partial charge >= 0.3 is 0 Å². The summed E-state index contributed by atoms with van der Waals surface area (Å²) >= 11 is 3.33. The van der Waals surface area contributed by atoms with Gasteiger partial charge in [0.25, 0.3) is 5.91 Å². The summed E-state index contributed by atoms with van der Waals surface area (Å²) in [7, 11) is 1.56. The van der Waals surface area contributed by atoms with Gasteiger partial charge in [-0.2, -0.15) is 0 Å². The zero-order valence-corrected chi connectivity index (χ0v) is 11.2. The molecule has 0 aliphatic heterocycles. The Balaban J connectivity index is 2.70. The Morgan fingerprint density at radius 3 is 2.94 bits per heavy atom. The second-order valence-electron chi connectivity index (χ2n) is 3.26. The number of hydrogen-bond acceptors (Lipinski definition) is 3. The predicted molar refractivity (Wildman–Crippen MR) is 71.2 cm³/mol. The molecule has 5 heteroatoms. The van der Waals surface area contributed by atoms with Crippen LogP contribution in [0.1, 0.15) is 10.4 Å². The van der Waals surface area contributed by atoms with E-state index in [-0.39, 0.29) is 5.91 Å². The van der Waals surface area contributed by atoms with Crippen LogP contribution in [0.4, 0.5) is 0 Å². The van der Waals surface area contributed by atoms with Crippen LogP contribution in [0.3, 0.4) is 0 Å². The molecule has 0 atom stereocenters. The molecule has 0 spiro atoms. The van der Waals surface area contributed by atoms with Gasteiger partial charge in [-0.15, -0.1) is 0 Å². The number of carbonyl (C=O) groups excluding carboxylic acids is 1. The molecule has 1 amide bonds. The van der Waals surface area contributed by atoms with E-state index in [1.165, 1.54) is 0 Å². The van der Waals surface area contributed by atoms with E-state index in [9.17, 15) is 4.79 Å². The van der Waals surface area contributed by atoms with Gasteiger partial charge in [0, 0.05) is 17.6 Å². The summed E-state index contributed by atoms with van der Waals surface area (Å²) in [5.41, 5.74) is 5.84. The molecule has 0 unspecified atom stereocenters. The Labute approximate surface area is 109 Å². The predicted octanol–water partition coefficient (Wildman–Crippen LogP) is 1.70. The van der Waals surface area contributed by atoms with E-state index in [0.717, 1.165) is 4.47 Å². The van der Waals surface area contributed by atoms with Crippen LogP contribution in [-0.2, 0) is 0 Å². The molecule has 1 rings (SSSR count). The topological polar surface area (TPSA) is 64.3 Å². The van der Waals surface area contributed by atoms with Crippen molar-refractivity contribution in [2.24, 2.45) is 5.73 Å². The Morgan fingerprint density at radius 2 is 2.29 bits per heavy atom. The fraction of sp³-hybridized carbons (Fsp3) is 0.250. The van der Waals surface area contributed by atoms with Crippen molar-refractivity contribution in [1.82, 2.24) is 5.32 Å². The highest BCUT2D eigenvalue weighted by atomic mass is 79.9. The Kier molecular flexibility index (Phi) is 5.72. The van der Waals surface area contributed by atoms with Gasteiger partial charge in [0.05, 0.1) is 12.7 Å². The Bertz CT molecular complexity index is 419. The van der Waals surface area contributed by atoms with Crippen LogP contribution in [0.25, 0.3) is 0 Å². The van der Waals surface area contributed by atoms with E-state index in [2.05, 4.69) is 21.2 Å². The molecule has 0 aliphatic carbocycles. The molecule has 1 aromatic carbocycles. The molecule has 0 saturated carbocycles. The van der Waals surface area contributed by atoms with Crippen molar-refractivity contribution in [3.05, 3.63) is 40.4 Å². The third-order valence-electron chi connectivity index (χ3n) is 2.10. The van der Waals surface area contributed by atoms with Crippen molar-refractivity contribution < 1.29 is 9.53 Å². The fourth-order valence-electron chi connectivity index (χ4n) is 1.23. The lowest BCUT2D eigenvalue weighted by Gasteiger charge is -2.07. The molecule has 0 aliphatic rings. The zero-order valence-electron chi connectivity index (χ0n) is 9.57. The van der Waals surface area contributed by atoms with E-state index in [0.29, 0.717) is 24.4 Å². The third-order valence-corrected chi connectivity index (χ3v) is 2.79. The number of ether oxygens (including phenoxy) is 1. The first-order valence-corrected chi connectivity index (χ1v) is 5.95. The molecule has 0 fully saturated rings. The number of halogens is 1. The maximum atomic E-state index is 11.8. The summed E-state index contributed by atoms with van der Waals surface area (Å²) in [5, 5.41) is 2.76. The highest BCUT2D eigenvalue weighted by Crippen LogP contribution is 2.22. The highest BCUT2D eigenvalue weighted by molar-refractivity contribution is 9.10. The van der Waals surface area contributed by atoms with Crippen LogP contribution >= 0.6 is 15.9 Å². The Hall–Kier alpha value is -1.33. The molecule has 0 aromatic heterocycles. The Morgan fingerprint density at radius 1 is 1.53 bits per heavy atom. The number of amides is 1. The van der Waals surface area contributed by atoms with Crippen LogP contribution in [-0.4, -0.2) is 26.1 Å². The first-order valence-electron chi connectivity index (χ1n) is 5.16. The highest BCUT2D eigenvalue weighted by Gasteiger charge is 2.09. The fourth-order valence-corrected chi connectivity index (χ4v) is 1.66. The van der Waals surface area contributed by atoms with Crippen LogP contribution in [0.2, 0.25) is 0 Å². The minimum absolute atomic E-state index is 0.155. The molecule has 17 heavy (non-hydrogen) atoms. The second kappa shape index (κ2) is 7.09. The number of benzene rings is 1. The van der Waals surface area contributed by atoms with E-state index < -0.39 is 0 Å². The van der Waals surface area contributed by atoms with Gasteiger partial charge in [-0.3, -0.25) is 4.79 Å². The van der Waals surface area contributed by atoms with Gasteiger partial charge in [-0.25, -0.2) is 0 Å². The number of nitrogens with two attached hydrogens (primary N) is 1. The maximum Gasteiger partial charge on any atom is 0.252 e. The van der Waals surface area contributed by atoms with Crippen molar-refractivity contribution in [3.63, 3.8) is 0 Å². The standard InChI is InChI=1S/C12H15BrN2O2/c1-17-9-4-5-11(13)10(8-9)12(16)15-7-3-2-6-14/h2-5,8H,6-7,14H2,1H3,(H,15,16)/b3-2+.